The smallest absolute Gasteiger partial charge is 0.213 e. The first-order valence-corrected chi connectivity index (χ1v) is 11.3. The summed E-state index contributed by atoms with van der Waals surface area (Å²) in [5, 5.41) is 4.54. The van der Waals surface area contributed by atoms with Crippen molar-refractivity contribution < 1.29 is 14.2 Å². The third-order valence-corrected chi connectivity index (χ3v) is 5.72. The average molecular weight is 526 g/mol. The minimum atomic E-state index is 0.237. The van der Waals surface area contributed by atoms with Crippen LogP contribution >= 0.6 is 39.1 Å². The number of ether oxygens (including phenoxy) is 3. The molecule has 0 fully saturated rings. The van der Waals surface area contributed by atoms with Gasteiger partial charge in [0.2, 0.25) is 5.88 Å². The Bertz CT molecular complexity index is 970. The topological polar surface area (TPSA) is 52.6 Å². The predicted octanol–water partition coefficient (Wildman–Crippen LogP) is 6.30. The SMILES string of the molecule is COc1cc(CNCCCOc2ccccn2)cc(Br)c1OCc1c(Cl)cccc1Cl. The van der Waals surface area contributed by atoms with Gasteiger partial charge in [-0.2, -0.15) is 0 Å². The minimum Gasteiger partial charge on any atom is -0.493 e. The lowest BCUT2D eigenvalue weighted by atomic mass is 10.2. The zero-order valence-corrected chi connectivity index (χ0v) is 20.1. The Kier molecular flexibility index (Phi) is 9.28. The van der Waals surface area contributed by atoms with Gasteiger partial charge in [0, 0.05) is 34.4 Å². The molecule has 5 nitrogen and oxygen atoms in total. The van der Waals surface area contributed by atoms with E-state index < -0.39 is 0 Å². The maximum atomic E-state index is 6.23. The number of pyridine rings is 1. The highest BCUT2D eigenvalue weighted by Gasteiger charge is 2.14. The molecular weight excluding hydrogens is 503 g/mol. The Morgan fingerprint density at radius 3 is 2.55 bits per heavy atom. The van der Waals surface area contributed by atoms with Gasteiger partial charge in [0.15, 0.2) is 11.5 Å². The Labute approximate surface area is 200 Å². The molecule has 164 valence electrons. The Balaban J connectivity index is 1.51. The van der Waals surface area contributed by atoms with Crippen LogP contribution in [-0.4, -0.2) is 25.2 Å². The molecule has 0 saturated heterocycles. The fraction of sp³-hybridized carbons (Fsp3) is 0.261. The number of aromatic nitrogens is 1. The van der Waals surface area contributed by atoms with Crippen LogP contribution in [0.5, 0.6) is 17.4 Å². The molecule has 3 rings (SSSR count). The van der Waals surface area contributed by atoms with Gasteiger partial charge in [-0.1, -0.05) is 35.3 Å². The molecule has 0 bridgehead atoms. The van der Waals surface area contributed by atoms with Crippen molar-refractivity contribution in [2.45, 2.75) is 19.6 Å². The number of hydrogen-bond acceptors (Lipinski definition) is 5. The van der Waals surface area contributed by atoms with E-state index in [9.17, 15) is 0 Å². The second-order valence-corrected chi connectivity index (χ2v) is 8.31. The molecule has 0 spiro atoms. The Morgan fingerprint density at radius 2 is 1.84 bits per heavy atom. The van der Waals surface area contributed by atoms with E-state index in [0.29, 0.717) is 40.6 Å². The zero-order valence-electron chi connectivity index (χ0n) is 17.0. The van der Waals surface area contributed by atoms with Gasteiger partial charge in [-0.25, -0.2) is 4.98 Å². The predicted molar refractivity (Wildman–Crippen MR) is 128 cm³/mol. The first-order valence-electron chi connectivity index (χ1n) is 9.75. The highest BCUT2D eigenvalue weighted by Crippen LogP contribution is 2.38. The van der Waals surface area contributed by atoms with Gasteiger partial charge < -0.3 is 19.5 Å². The van der Waals surface area contributed by atoms with Gasteiger partial charge in [0.05, 0.1) is 18.2 Å². The van der Waals surface area contributed by atoms with E-state index in [1.807, 2.05) is 30.3 Å². The maximum absolute atomic E-state index is 6.23. The highest BCUT2D eigenvalue weighted by molar-refractivity contribution is 9.10. The van der Waals surface area contributed by atoms with Crippen molar-refractivity contribution in [3.8, 4) is 17.4 Å². The lowest BCUT2D eigenvalue weighted by molar-refractivity contribution is 0.282. The average Bonchev–Trinajstić information content (AvgIpc) is 2.77. The van der Waals surface area contributed by atoms with Crippen molar-refractivity contribution in [2.75, 3.05) is 20.3 Å². The van der Waals surface area contributed by atoms with Crippen LogP contribution in [0.1, 0.15) is 17.5 Å². The van der Waals surface area contributed by atoms with E-state index in [2.05, 4.69) is 26.2 Å². The molecule has 0 amide bonds. The molecule has 1 aromatic heterocycles. The fourth-order valence-electron chi connectivity index (χ4n) is 2.87. The minimum absolute atomic E-state index is 0.237. The summed E-state index contributed by atoms with van der Waals surface area (Å²) in [4.78, 5) is 4.14. The molecule has 8 heteroatoms. The molecular formula is C23H23BrCl2N2O3. The molecule has 31 heavy (non-hydrogen) atoms. The van der Waals surface area contributed by atoms with Crippen molar-refractivity contribution >= 4 is 39.1 Å². The van der Waals surface area contributed by atoms with E-state index in [1.165, 1.54) is 0 Å². The first kappa shape index (κ1) is 23.7. The van der Waals surface area contributed by atoms with Gasteiger partial charge >= 0.3 is 0 Å². The van der Waals surface area contributed by atoms with Crippen LogP contribution in [0, 0.1) is 0 Å². The van der Waals surface area contributed by atoms with E-state index in [0.717, 1.165) is 28.6 Å². The number of benzene rings is 2. The van der Waals surface area contributed by atoms with Crippen molar-refractivity contribution in [1.29, 1.82) is 0 Å². The first-order chi connectivity index (χ1) is 15.1. The van der Waals surface area contributed by atoms with Crippen molar-refractivity contribution in [1.82, 2.24) is 10.3 Å². The molecule has 0 atom stereocenters. The summed E-state index contributed by atoms with van der Waals surface area (Å²) in [6, 6.07) is 14.9. The normalized spacial score (nSPS) is 10.7. The summed E-state index contributed by atoms with van der Waals surface area (Å²) in [7, 11) is 1.61. The van der Waals surface area contributed by atoms with Crippen LogP contribution in [0.3, 0.4) is 0 Å². The molecule has 1 heterocycles. The summed E-state index contributed by atoms with van der Waals surface area (Å²) in [5.74, 6) is 1.88. The number of hydrogen-bond donors (Lipinski definition) is 1. The summed E-state index contributed by atoms with van der Waals surface area (Å²) in [6.07, 6.45) is 2.59. The summed E-state index contributed by atoms with van der Waals surface area (Å²) in [6.45, 7) is 2.35. The standard InChI is InChI=1S/C23H23BrCl2N2O3/c1-29-21-13-16(14-27-9-5-11-30-22-8-2-3-10-28-22)12-18(24)23(21)31-15-17-19(25)6-4-7-20(17)26/h2-4,6-8,10,12-13,27H,5,9,11,14-15H2,1H3. The van der Waals surface area contributed by atoms with Gasteiger partial charge in [-0.15, -0.1) is 0 Å². The molecule has 0 unspecified atom stereocenters. The quantitative estimate of drug-likeness (QED) is 0.298. The summed E-state index contributed by atoms with van der Waals surface area (Å²) >= 11 is 16.1. The Hall–Kier alpha value is -1.99. The van der Waals surface area contributed by atoms with E-state index in [1.54, 1.807) is 31.5 Å². The number of methoxy groups -OCH3 is 1. The van der Waals surface area contributed by atoms with Crippen LogP contribution in [0.4, 0.5) is 0 Å². The number of rotatable bonds is 11. The zero-order chi connectivity index (χ0) is 22.1. The maximum Gasteiger partial charge on any atom is 0.213 e. The summed E-state index contributed by atoms with van der Waals surface area (Å²) < 4.78 is 17.9. The van der Waals surface area contributed by atoms with Crippen LogP contribution < -0.4 is 19.5 Å². The molecule has 0 aliphatic carbocycles. The molecule has 0 aliphatic rings. The fourth-order valence-corrected chi connectivity index (χ4v) is 3.98. The van der Waals surface area contributed by atoms with E-state index in [-0.39, 0.29) is 6.61 Å². The molecule has 3 aromatic rings. The number of nitrogens with one attached hydrogen (secondary N) is 1. The van der Waals surface area contributed by atoms with E-state index >= 15 is 0 Å². The molecule has 0 saturated carbocycles. The van der Waals surface area contributed by atoms with Gasteiger partial charge in [-0.05, 0) is 64.8 Å². The lowest BCUT2D eigenvalue weighted by Gasteiger charge is -2.16. The van der Waals surface area contributed by atoms with Crippen molar-refractivity contribution in [3.05, 3.63) is 80.4 Å². The third-order valence-electron chi connectivity index (χ3n) is 4.43. The van der Waals surface area contributed by atoms with Gasteiger partial charge in [0.1, 0.15) is 6.61 Å². The van der Waals surface area contributed by atoms with Crippen LogP contribution in [-0.2, 0) is 13.2 Å². The molecule has 1 N–H and O–H groups in total. The van der Waals surface area contributed by atoms with Crippen LogP contribution in [0.25, 0.3) is 0 Å². The van der Waals surface area contributed by atoms with Crippen molar-refractivity contribution in [2.24, 2.45) is 0 Å². The molecule has 0 aliphatic heterocycles. The van der Waals surface area contributed by atoms with Gasteiger partial charge in [-0.3, -0.25) is 0 Å². The second kappa shape index (κ2) is 12.2. The van der Waals surface area contributed by atoms with Crippen molar-refractivity contribution in [3.63, 3.8) is 0 Å². The molecule has 2 aromatic carbocycles. The van der Waals surface area contributed by atoms with Crippen LogP contribution in [0.15, 0.2) is 59.2 Å². The second-order valence-electron chi connectivity index (χ2n) is 6.64. The van der Waals surface area contributed by atoms with E-state index in [4.69, 9.17) is 37.4 Å². The third kappa shape index (κ3) is 7.01. The highest BCUT2D eigenvalue weighted by atomic mass is 79.9. The number of nitrogens with zero attached hydrogens (tertiary/aromatic N) is 1. The lowest BCUT2D eigenvalue weighted by Crippen LogP contribution is -2.17. The van der Waals surface area contributed by atoms with Gasteiger partial charge in [0.25, 0.3) is 0 Å². The molecule has 0 radical (unpaired) electrons. The van der Waals surface area contributed by atoms with Crippen LogP contribution in [0.2, 0.25) is 10.0 Å². The summed E-state index contributed by atoms with van der Waals surface area (Å²) in [5.41, 5.74) is 1.80. The Morgan fingerprint density at radius 1 is 1.03 bits per heavy atom. The largest absolute Gasteiger partial charge is 0.493 e. The number of halogens is 3. The monoisotopic (exact) mass is 524 g/mol.